The van der Waals surface area contributed by atoms with E-state index in [1.165, 1.54) is 16.6 Å². The maximum atomic E-state index is 13.7. The maximum Gasteiger partial charge on any atom is 0.225 e. The number of aromatic nitrogens is 4. The summed E-state index contributed by atoms with van der Waals surface area (Å²) < 4.78 is 15.2. The Morgan fingerprint density at radius 1 is 1.26 bits per heavy atom. The summed E-state index contributed by atoms with van der Waals surface area (Å²) in [4.78, 5) is 23.4. The number of amides is 1. The van der Waals surface area contributed by atoms with Gasteiger partial charge in [-0.05, 0) is 42.6 Å². The molecule has 0 aliphatic carbocycles. The standard InChI is InChI=1S/C25H27BFN7O/c1-14(2)25(35)33-7-5-18(6-8-33)29-13-21-22(26)23(28)34-24(32-21)19(12-31-34)16-9-15-10-17(27)3-4-20(15)30-11-16/h3-4,9-12,14,18,29H,5-8,13,28H2,1-2H3. The second kappa shape index (κ2) is 9.26. The van der Waals surface area contributed by atoms with Gasteiger partial charge in [0, 0.05) is 54.3 Å². The van der Waals surface area contributed by atoms with E-state index in [1.807, 2.05) is 24.8 Å². The molecule has 0 atom stereocenters. The van der Waals surface area contributed by atoms with Crippen molar-refractivity contribution in [2.75, 3.05) is 18.8 Å². The number of piperidine rings is 1. The summed E-state index contributed by atoms with van der Waals surface area (Å²) in [6.45, 7) is 5.78. The van der Waals surface area contributed by atoms with Crippen LogP contribution in [-0.4, -0.2) is 57.4 Å². The zero-order valence-electron chi connectivity index (χ0n) is 19.8. The van der Waals surface area contributed by atoms with Crippen LogP contribution in [0.15, 0.2) is 36.7 Å². The summed E-state index contributed by atoms with van der Waals surface area (Å²) in [5, 5.41) is 8.58. The van der Waals surface area contributed by atoms with Crippen LogP contribution in [0.1, 0.15) is 32.4 Å². The number of rotatable bonds is 5. The third kappa shape index (κ3) is 4.46. The third-order valence-electron chi connectivity index (χ3n) is 6.61. The van der Waals surface area contributed by atoms with Gasteiger partial charge in [-0.25, -0.2) is 9.37 Å². The second-order valence-corrected chi connectivity index (χ2v) is 9.35. The normalized spacial score (nSPS) is 14.9. The molecule has 1 aliphatic heterocycles. The smallest absolute Gasteiger partial charge is 0.225 e. The van der Waals surface area contributed by atoms with Crippen LogP contribution < -0.4 is 16.5 Å². The number of nitrogens with two attached hydrogens (primary N) is 1. The van der Waals surface area contributed by atoms with Crippen LogP contribution in [0.4, 0.5) is 10.2 Å². The van der Waals surface area contributed by atoms with Gasteiger partial charge in [-0.2, -0.15) is 9.61 Å². The minimum absolute atomic E-state index is 0.0138. The first-order valence-electron chi connectivity index (χ1n) is 11.8. The number of nitrogen functional groups attached to an aromatic ring is 1. The minimum Gasteiger partial charge on any atom is -0.384 e. The van der Waals surface area contributed by atoms with Crippen molar-refractivity contribution >= 4 is 41.6 Å². The fourth-order valence-electron chi connectivity index (χ4n) is 4.57. The molecule has 2 radical (unpaired) electrons. The Balaban J connectivity index is 1.38. The molecule has 1 aliphatic rings. The van der Waals surface area contributed by atoms with E-state index in [2.05, 4.69) is 15.4 Å². The van der Waals surface area contributed by atoms with Crippen LogP contribution in [0.3, 0.4) is 0 Å². The number of hydrogen-bond donors (Lipinski definition) is 2. The van der Waals surface area contributed by atoms with Crippen LogP contribution in [0.25, 0.3) is 27.7 Å². The van der Waals surface area contributed by atoms with Crippen molar-refractivity contribution in [2.24, 2.45) is 5.92 Å². The van der Waals surface area contributed by atoms with E-state index >= 15 is 0 Å². The summed E-state index contributed by atoms with van der Waals surface area (Å²) in [7, 11) is 6.30. The molecule has 3 N–H and O–H groups in total. The van der Waals surface area contributed by atoms with E-state index in [0.717, 1.165) is 37.1 Å². The highest BCUT2D eigenvalue weighted by Crippen LogP contribution is 2.27. The second-order valence-electron chi connectivity index (χ2n) is 9.35. The lowest BCUT2D eigenvalue weighted by Crippen LogP contribution is -2.46. The molecule has 10 heteroatoms. The van der Waals surface area contributed by atoms with E-state index in [1.54, 1.807) is 18.5 Å². The average Bonchev–Trinajstić information content (AvgIpc) is 3.28. The van der Waals surface area contributed by atoms with Gasteiger partial charge in [0.2, 0.25) is 5.91 Å². The molecule has 35 heavy (non-hydrogen) atoms. The zero-order valence-corrected chi connectivity index (χ0v) is 19.8. The van der Waals surface area contributed by atoms with Crippen LogP contribution >= 0.6 is 0 Å². The molecule has 0 saturated carbocycles. The fraction of sp³-hybridized carbons (Fsp3) is 0.360. The molecule has 3 aromatic heterocycles. The summed E-state index contributed by atoms with van der Waals surface area (Å²) in [6, 6.07) is 6.61. The van der Waals surface area contributed by atoms with Gasteiger partial charge < -0.3 is 16.0 Å². The Morgan fingerprint density at radius 3 is 2.77 bits per heavy atom. The molecule has 178 valence electrons. The highest BCUT2D eigenvalue weighted by atomic mass is 19.1. The number of pyridine rings is 1. The Kier molecular flexibility index (Phi) is 6.14. The topological polar surface area (TPSA) is 101 Å². The molecular weight excluding hydrogens is 444 g/mol. The predicted octanol–water partition coefficient (Wildman–Crippen LogP) is 2.20. The lowest BCUT2D eigenvalue weighted by molar-refractivity contribution is -0.135. The SMILES string of the molecule is [B]c1c(CNC2CCN(C(=O)C(C)C)CC2)nc2c(-c3cnc4ccc(F)cc4c3)cnn2c1N. The van der Waals surface area contributed by atoms with Crippen molar-refractivity contribution in [1.29, 1.82) is 0 Å². The fourth-order valence-corrected chi connectivity index (χ4v) is 4.57. The Labute approximate surface area is 204 Å². The van der Waals surface area contributed by atoms with Crippen LogP contribution in [0.5, 0.6) is 0 Å². The number of halogens is 1. The van der Waals surface area contributed by atoms with Gasteiger partial charge in [-0.3, -0.25) is 9.78 Å². The number of anilines is 1. The molecule has 1 saturated heterocycles. The van der Waals surface area contributed by atoms with E-state index < -0.39 is 0 Å². The molecule has 0 spiro atoms. The quantitative estimate of drug-likeness (QED) is 0.433. The van der Waals surface area contributed by atoms with Crippen molar-refractivity contribution in [3.63, 3.8) is 0 Å². The van der Waals surface area contributed by atoms with Crippen molar-refractivity contribution in [2.45, 2.75) is 39.3 Å². The van der Waals surface area contributed by atoms with Gasteiger partial charge in [0.05, 0.1) is 17.4 Å². The average molecular weight is 471 g/mol. The number of nitrogens with one attached hydrogen (secondary N) is 1. The molecule has 4 aromatic rings. The Hall–Kier alpha value is -3.53. The molecular formula is C25H27BFN7O. The first kappa shape index (κ1) is 23.2. The van der Waals surface area contributed by atoms with Crippen LogP contribution in [0, 0.1) is 11.7 Å². The summed E-state index contributed by atoms with van der Waals surface area (Å²) in [5.74, 6) is 0.209. The summed E-state index contributed by atoms with van der Waals surface area (Å²) in [6.07, 6.45) is 5.12. The van der Waals surface area contributed by atoms with Gasteiger partial charge in [-0.1, -0.05) is 13.8 Å². The summed E-state index contributed by atoms with van der Waals surface area (Å²) >= 11 is 0. The van der Waals surface area contributed by atoms with E-state index in [0.29, 0.717) is 40.1 Å². The molecule has 8 nitrogen and oxygen atoms in total. The number of hydrogen-bond acceptors (Lipinski definition) is 6. The van der Waals surface area contributed by atoms with Crippen molar-refractivity contribution in [3.05, 3.63) is 48.2 Å². The first-order chi connectivity index (χ1) is 16.8. The van der Waals surface area contributed by atoms with E-state index in [4.69, 9.17) is 18.6 Å². The van der Waals surface area contributed by atoms with Gasteiger partial charge in [0.1, 0.15) is 19.5 Å². The number of likely N-dealkylation sites (tertiary alicyclic amines) is 1. The number of carbonyl (C=O) groups excluding carboxylic acids is 1. The molecule has 0 unspecified atom stereocenters. The largest absolute Gasteiger partial charge is 0.384 e. The Bertz CT molecular complexity index is 1410. The van der Waals surface area contributed by atoms with Gasteiger partial charge in [0.15, 0.2) is 5.65 Å². The van der Waals surface area contributed by atoms with E-state index in [-0.39, 0.29) is 23.7 Å². The molecule has 1 fully saturated rings. The van der Waals surface area contributed by atoms with E-state index in [9.17, 15) is 9.18 Å². The molecule has 1 aromatic carbocycles. The highest BCUT2D eigenvalue weighted by Gasteiger charge is 2.24. The highest BCUT2D eigenvalue weighted by molar-refractivity contribution is 6.36. The zero-order chi connectivity index (χ0) is 24.7. The van der Waals surface area contributed by atoms with Crippen LogP contribution in [0.2, 0.25) is 0 Å². The lowest BCUT2D eigenvalue weighted by Gasteiger charge is -2.33. The minimum atomic E-state index is -0.320. The van der Waals surface area contributed by atoms with Crippen molar-refractivity contribution in [3.8, 4) is 11.1 Å². The van der Waals surface area contributed by atoms with Gasteiger partial charge >= 0.3 is 0 Å². The predicted molar refractivity (Wildman–Crippen MR) is 135 cm³/mol. The first-order valence-corrected chi connectivity index (χ1v) is 11.8. The lowest BCUT2D eigenvalue weighted by atomic mass is 9.93. The molecule has 1 amide bonds. The van der Waals surface area contributed by atoms with Crippen molar-refractivity contribution < 1.29 is 9.18 Å². The molecule has 5 rings (SSSR count). The number of fused-ring (bicyclic) bond motifs is 2. The third-order valence-corrected chi connectivity index (χ3v) is 6.61. The van der Waals surface area contributed by atoms with Crippen molar-refractivity contribution in [1.82, 2.24) is 29.8 Å². The number of benzene rings is 1. The summed E-state index contributed by atoms with van der Waals surface area (Å²) in [5.41, 5.74) is 10.1. The van der Waals surface area contributed by atoms with Crippen LogP contribution in [-0.2, 0) is 11.3 Å². The Morgan fingerprint density at radius 2 is 2.03 bits per heavy atom. The maximum absolute atomic E-state index is 13.7. The number of carbonyl (C=O) groups is 1. The number of nitrogens with zero attached hydrogens (tertiary/aromatic N) is 5. The molecule has 0 bridgehead atoms. The molecule has 4 heterocycles. The monoisotopic (exact) mass is 471 g/mol. The van der Waals surface area contributed by atoms with Gasteiger partial charge in [0.25, 0.3) is 0 Å². The van der Waals surface area contributed by atoms with Gasteiger partial charge in [-0.15, -0.1) is 0 Å².